The van der Waals surface area contributed by atoms with E-state index in [0.717, 1.165) is 0 Å². The molecule has 0 bridgehead atoms. The van der Waals surface area contributed by atoms with Crippen LogP contribution in [0.4, 0.5) is 4.79 Å². The summed E-state index contributed by atoms with van der Waals surface area (Å²) in [5.41, 5.74) is 4.22. The zero-order chi connectivity index (χ0) is 13.6. The number of carboxylic acids is 1. The largest absolute Gasteiger partial charge is 0.481 e. The topological polar surface area (TPSA) is 122 Å². The minimum atomic E-state index is -0.857. The van der Waals surface area contributed by atoms with Gasteiger partial charge in [-0.3, -0.25) is 9.59 Å². The molecule has 0 heterocycles. The minimum Gasteiger partial charge on any atom is -0.481 e. The molecule has 1 fully saturated rings. The number of primary amides is 1. The van der Waals surface area contributed by atoms with Crippen molar-refractivity contribution in [3.8, 4) is 0 Å². The third-order valence-electron chi connectivity index (χ3n) is 3.03. The van der Waals surface area contributed by atoms with Crippen LogP contribution in [0.3, 0.4) is 0 Å². The molecule has 0 aromatic rings. The summed E-state index contributed by atoms with van der Waals surface area (Å²) < 4.78 is 0. The lowest BCUT2D eigenvalue weighted by atomic mass is 10.1. The van der Waals surface area contributed by atoms with Gasteiger partial charge in [-0.05, 0) is 25.7 Å². The van der Waals surface area contributed by atoms with Crippen molar-refractivity contribution in [1.29, 1.82) is 0 Å². The van der Waals surface area contributed by atoms with Crippen LogP contribution in [-0.4, -0.2) is 36.1 Å². The van der Waals surface area contributed by atoms with Gasteiger partial charge in [-0.2, -0.15) is 0 Å². The first kappa shape index (κ1) is 14.3. The van der Waals surface area contributed by atoms with Crippen molar-refractivity contribution in [2.45, 2.75) is 32.1 Å². The summed E-state index contributed by atoms with van der Waals surface area (Å²) in [6, 6.07) is -0.374. The van der Waals surface area contributed by atoms with Crippen LogP contribution >= 0.6 is 0 Å². The molecule has 0 aliphatic heterocycles. The second-order valence-electron chi connectivity index (χ2n) is 4.62. The molecule has 18 heavy (non-hydrogen) atoms. The van der Waals surface area contributed by atoms with Crippen LogP contribution in [0.15, 0.2) is 0 Å². The molecule has 1 aliphatic rings. The third-order valence-corrected chi connectivity index (χ3v) is 3.03. The average molecular weight is 257 g/mol. The molecule has 0 radical (unpaired) electrons. The lowest BCUT2D eigenvalue weighted by Gasteiger charge is -2.11. The fourth-order valence-electron chi connectivity index (χ4n) is 1.56. The quantitative estimate of drug-likeness (QED) is 0.450. The number of carbonyl (C=O) groups excluding carboxylic acids is 2. The molecule has 1 saturated carbocycles. The molecule has 0 aromatic carbocycles. The van der Waals surface area contributed by atoms with Crippen molar-refractivity contribution in [2.24, 2.45) is 11.1 Å². The number of carboxylic acid groups (broad SMARTS) is 1. The van der Waals surface area contributed by atoms with Gasteiger partial charge in [0.25, 0.3) is 0 Å². The van der Waals surface area contributed by atoms with Crippen LogP contribution in [-0.2, 0) is 9.59 Å². The summed E-state index contributed by atoms with van der Waals surface area (Å²) in [7, 11) is 0. The van der Waals surface area contributed by atoms with Gasteiger partial charge in [-0.1, -0.05) is 0 Å². The molecule has 1 rings (SSSR count). The van der Waals surface area contributed by atoms with Crippen molar-refractivity contribution in [3.63, 3.8) is 0 Å². The Hall–Kier alpha value is -1.79. The Morgan fingerprint density at radius 3 is 2.33 bits per heavy atom. The van der Waals surface area contributed by atoms with Gasteiger partial charge in [0.05, 0.1) is 5.41 Å². The zero-order valence-electron chi connectivity index (χ0n) is 10.2. The second-order valence-corrected chi connectivity index (χ2v) is 4.62. The predicted molar refractivity (Wildman–Crippen MR) is 63.7 cm³/mol. The third kappa shape index (κ3) is 4.60. The summed E-state index contributed by atoms with van der Waals surface area (Å²) in [4.78, 5) is 32.6. The average Bonchev–Trinajstić information content (AvgIpc) is 3.06. The van der Waals surface area contributed by atoms with E-state index in [1.165, 1.54) is 0 Å². The molecule has 0 spiro atoms. The molecule has 5 N–H and O–H groups in total. The highest BCUT2D eigenvalue weighted by molar-refractivity contribution is 5.80. The van der Waals surface area contributed by atoms with Gasteiger partial charge in [0.2, 0.25) is 5.91 Å². The van der Waals surface area contributed by atoms with E-state index in [1.807, 2.05) is 0 Å². The number of unbranched alkanes of at least 4 members (excludes halogenated alkanes) is 1. The number of nitrogens with one attached hydrogen (secondary N) is 2. The van der Waals surface area contributed by atoms with Crippen molar-refractivity contribution in [1.82, 2.24) is 10.6 Å². The zero-order valence-corrected chi connectivity index (χ0v) is 10.2. The van der Waals surface area contributed by atoms with E-state index in [-0.39, 0.29) is 18.5 Å². The van der Waals surface area contributed by atoms with Gasteiger partial charge >= 0.3 is 12.0 Å². The molecule has 1 aliphatic carbocycles. The molecule has 0 saturated heterocycles. The van der Waals surface area contributed by atoms with E-state index in [4.69, 9.17) is 10.8 Å². The van der Waals surface area contributed by atoms with Gasteiger partial charge in [0.1, 0.15) is 0 Å². The van der Waals surface area contributed by atoms with Gasteiger partial charge < -0.3 is 21.5 Å². The highest BCUT2D eigenvalue weighted by Crippen LogP contribution is 2.45. The van der Waals surface area contributed by atoms with Crippen LogP contribution in [0.2, 0.25) is 0 Å². The summed E-state index contributed by atoms with van der Waals surface area (Å²) in [5.74, 6) is -1.21. The smallest absolute Gasteiger partial charge is 0.314 e. The molecule has 7 nitrogen and oxygen atoms in total. The van der Waals surface area contributed by atoms with Crippen molar-refractivity contribution in [3.05, 3.63) is 0 Å². The molecule has 0 atom stereocenters. The number of urea groups is 1. The van der Waals surface area contributed by atoms with E-state index >= 15 is 0 Å². The van der Waals surface area contributed by atoms with E-state index in [1.54, 1.807) is 0 Å². The van der Waals surface area contributed by atoms with Crippen LogP contribution < -0.4 is 16.4 Å². The van der Waals surface area contributed by atoms with Gasteiger partial charge in [0.15, 0.2) is 0 Å². The summed E-state index contributed by atoms with van der Waals surface area (Å²) >= 11 is 0. The Kier molecular flexibility index (Phi) is 4.94. The number of rotatable bonds is 8. The van der Waals surface area contributed by atoms with Crippen molar-refractivity contribution in [2.75, 3.05) is 13.1 Å². The van der Waals surface area contributed by atoms with E-state index in [2.05, 4.69) is 10.6 Å². The van der Waals surface area contributed by atoms with Crippen LogP contribution in [0.5, 0.6) is 0 Å². The molecular weight excluding hydrogens is 238 g/mol. The molecule has 102 valence electrons. The fraction of sp³-hybridized carbons (Fsp3) is 0.727. The first-order valence-corrected chi connectivity index (χ1v) is 6.00. The first-order valence-electron chi connectivity index (χ1n) is 6.00. The van der Waals surface area contributed by atoms with Crippen LogP contribution in [0.25, 0.3) is 0 Å². The first-order chi connectivity index (χ1) is 8.46. The Morgan fingerprint density at radius 2 is 1.83 bits per heavy atom. The minimum absolute atomic E-state index is 0.162. The Morgan fingerprint density at radius 1 is 1.17 bits per heavy atom. The maximum Gasteiger partial charge on any atom is 0.314 e. The summed E-state index contributed by atoms with van der Waals surface area (Å²) in [6.45, 7) is 0.606. The van der Waals surface area contributed by atoms with E-state index < -0.39 is 11.4 Å². The normalized spacial score (nSPS) is 15.8. The van der Waals surface area contributed by atoms with Crippen LogP contribution in [0, 0.1) is 5.41 Å². The Labute approximate surface area is 105 Å². The lowest BCUT2D eigenvalue weighted by molar-refractivity contribution is -0.143. The fourth-order valence-corrected chi connectivity index (χ4v) is 1.56. The maximum atomic E-state index is 11.3. The Balaban J connectivity index is 2.04. The Bertz CT molecular complexity index is 339. The van der Waals surface area contributed by atoms with Gasteiger partial charge in [0, 0.05) is 19.5 Å². The standard InChI is InChI=1S/C11H19N3O4/c12-8(15)3-1-2-6-13-10(18)14-7-11(4-5-11)9(16)17/h1-7H2,(H2,12,15)(H,16,17)(H2,13,14,18). The second kappa shape index (κ2) is 6.23. The van der Waals surface area contributed by atoms with Gasteiger partial charge in [-0.25, -0.2) is 4.79 Å². The predicted octanol–water partition coefficient (Wildman–Crippen LogP) is -0.194. The number of hydrogen-bond donors (Lipinski definition) is 4. The number of hydrogen-bond acceptors (Lipinski definition) is 3. The lowest BCUT2D eigenvalue weighted by Crippen LogP contribution is -2.41. The molecule has 0 aromatic heterocycles. The summed E-state index contributed by atoms with van der Waals surface area (Å²) in [5, 5.41) is 14.0. The molecular formula is C11H19N3O4. The van der Waals surface area contributed by atoms with Gasteiger partial charge in [-0.15, -0.1) is 0 Å². The molecule has 0 unspecified atom stereocenters. The van der Waals surface area contributed by atoms with E-state index in [9.17, 15) is 14.4 Å². The number of carbonyl (C=O) groups is 3. The number of amides is 3. The van der Waals surface area contributed by atoms with E-state index in [0.29, 0.717) is 38.6 Å². The monoisotopic (exact) mass is 257 g/mol. The maximum absolute atomic E-state index is 11.3. The number of aliphatic carboxylic acids is 1. The molecule has 7 heteroatoms. The van der Waals surface area contributed by atoms with Crippen molar-refractivity contribution < 1.29 is 19.5 Å². The number of nitrogens with two attached hydrogens (primary N) is 1. The SMILES string of the molecule is NC(=O)CCCCNC(=O)NCC1(C(=O)O)CC1. The molecule has 3 amide bonds. The van der Waals surface area contributed by atoms with Crippen molar-refractivity contribution >= 4 is 17.9 Å². The highest BCUT2D eigenvalue weighted by Gasteiger charge is 2.50. The highest BCUT2D eigenvalue weighted by atomic mass is 16.4. The van der Waals surface area contributed by atoms with Crippen LogP contribution in [0.1, 0.15) is 32.1 Å². The summed E-state index contributed by atoms with van der Waals surface area (Å²) in [6.07, 6.45) is 2.84.